The first-order chi connectivity index (χ1) is 11.5. The smallest absolute Gasteiger partial charge is 0.273 e. The molecule has 1 aromatic heterocycles. The van der Waals surface area contributed by atoms with Crippen molar-refractivity contribution in [3.63, 3.8) is 0 Å². The zero-order valence-electron chi connectivity index (χ0n) is 13.6. The summed E-state index contributed by atoms with van der Waals surface area (Å²) < 4.78 is 0. The molecule has 7 nitrogen and oxygen atoms in total. The SMILES string of the molecule is Cc1nc(C(=O)N2CCC3(CC2)CC(C(=O)NC2CC2)=NO3)cs1. The van der Waals surface area contributed by atoms with E-state index in [0.29, 0.717) is 49.8 Å². The highest BCUT2D eigenvalue weighted by Crippen LogP contribution is 2.35. The van der Waals surface area contributed by atoms with Crippen molar-refractivity contribution in [2.45, 2.75) is 50.7 Å². The number of carbonyl (C=O) groups is 2. The van der Waals surface area contributed by atoms with Gasteiger partial charge in [0.15, 0.2) is 0 Å². The molecule has 1 aliphatic carbocycles. The topological polar surface area (TPSA) is 83.9 Å². The van der Waals surface area contributed by atoms with Gasteiger partial charge in [-0.05, 0) is 19.8 Å². The lowest BCUT2D eigenvalue weighted by atomic mass is 9.86. The molecular weight excluding hydrogens is 328 g/mol. The molecule has 1 saturated heterocycles. The van der Waals surface area contributed by atoms with Crippen molar-refractivity contribution in [2.24, 2.45) is 5.16 Å². The summed E-state index contributed by atoms with van der Waals surface area (Å²) in [4.78, 5) is 36.2. The molecule has 1 N–H and O–H groups in total. The summed E-state index contributed by atoms with van der Waals surface area (Å²) in [5.74, 6) is -0.134. The maximum Gasteiger partial charge on any atom is 0.273 e. The van der Waals surface area contributed by atoms with Crippen molar-refractivity contribution in [3.05, 3.63) is 16.1 Å². The van der Waals surface area contributed by atoms with Gasteiger partial charge in [-0.3, -0.25) is 9.59 Å². The van der Waals surface area contributed by atoms with Crippen molar-refractivity contribution in [2.75, 3.05) is 13.1 Å². The third-order valence-corrected chi connectivity index (χ3v) is 5.59. The molecule has 1 saturated carbocycles. The number of rotatable bonds is 3. The fraction of sp³-hybridized carbons (Fsp3) is 0.625. The zero-order valence-corrected chi connectivity index (χ0v) is 14.4. The van der Waals surface area contributed by atoms with Gasteiger partial charge in [0.1, 0.15) is 17.0 Å². The van der Waals surface area contributed by atoms with Crippen molar-refractivity contribution in [1.29, 1.82) is 0 Å². The molecule has 0 atom stereocenters. The summed E-state index contributed by atoms with van der Waals surface area (Å²) in [6.45, 7) is 3.09. The van der Waals surface area contributed by atoms with Crippen LogP contribution in [0.5, 0.6) is 0 Å². The maximum atomic E-state index is 12.5. The van der Waals surface area contributed by atoms with Gasteiger partial charge in [0.25, 0.3) is 11.8 Å². The standard InChI is InChI=1S/C16H20N4O3S/c1-10-17-13(9-24-10)15(22)20-6-4-16(5-7-20)8-12(19-23-16)14(21)18-11-2-3-11/h9,11H,2-8H2,1H3,(H,18,21). The van der Waals surface area contributed by atoms with E-state index >= 15 is 0 Å². The fourth-order valence-corrected chi connectivity index (χ4v) is 3.74. The predicted octanol–water partition coefficient (Wildman–Crippen LogP) is 1.48. The number of aryl methyl sites for hydroxylation is 1. The Bertz CT molecular complexity index is 702. The summed E-state index contributed by atoms with van der Waals surface area (Å²) in [6, 6.07) is 0.317. The Labute approximate surface area is 144 Å². The fourth-order valence-electron chi connectivity index (χ4n) is 3.15. The van der Waals surface area contributed by atoms with E-state index in [0.717, 1.165) is 17.8 Å². The summed E-state index contributed by atoms with van der Waals surface area (Å²) in [5.41, 5.74) is 0.573. The number of carbonyl (C=O) groups excluding carboxylic acids is 2. The van der Waals surface area contributed by atoms with Crippen LogP contribution in [0.1, 0.15) is 47.6 Å². The summed E-state index contributed by atoms with van der Waals surface area (Å²) in [7, 11) is 0. The second-order valence-electron chi connectivity index (χ2n) is 6.78. The number of nitrogens with zero attached hydrogens (tertiary/aromatic N) is 3. The largest absolute Gasteiger partial charge is 0.388 e. The number of nitrogens with one attached hydrogen (secondary N) is 1. The normalized spacial score (nSPS) is 22.2. The van der Waals surface area contributed by atoms with E-state index in [1.807, 2.05) is 11.8 Å². The van der Waals surface area contributed by atoms with Crippen LogP contribution in [0.3, 0.4) is 0 Å². The number of hydrogen-bond acceptors (Lipinski definition) is 6. The molecule has 128 valence electrons. The minimum atomic E-state index is -0.426. The highest BCUT2D eigenvalue weighted by atomic mass is 32.1. The minimum Gasteiger partial charge on any atom is -0.388 e. The van der Waals surface area contributed by atoms with E-state index < -0.39 is 5.60 Å². The van der Waals surface area contributed by atoms with Gasteiger partial charge in [-0.25, -0.2) is 4.98 Å². The second-order valence-corrected chi connectivity index (χ2v) is 7.84. The quantitative estimate of drug-likeness (QED) is 0.897. The van der Waals surface area contributed by atoms with Gasteiger partial charge in [-0.2, -0.15) is 0 Å². The van der Waals surface area contributed by atoms with Crippen LogP contribution in [0.2, 0.25) is 0 Å². The van der Waals surface area contributed by atoms with Gasteiger partial charge in [0, 0.05) is 43.8 Å². The third kappa shape index (κ3) is 3.02. The first-order valence-electron chi connectivity index (χ1n) is 8.32. The average Bonchev–Trinajstić information content (AvgIpc) is 3.13. The second kappa shape index (κ2) is 5.84. The molecule has 3 aliphatic rings. The van der Waals surface area contributed by atoms with Crippen molar-refractivity contribution < 1.29 is 14.4 Å². The van der Waals surface area contributed by atoms with Gasteiger partial charge < -0.3 is 15.1 Å². The van der Waals surface area contributed by atoms with Crippen molar-refractivity contribution in [1.82, 2.24) is 15.2 Å². The molecule has 0 bridgehead atoms. The van der Waals surface area contributed by atoms with Crippen molar-refractivity contribution >= 4 is 28.9 Å². The molecule has 0 radical (unpaired) electrons. The molecule has 4 rings (SSSR count). The van der Waals surface area contributed by atoms with Gasteiger partial charge in [-0.15, -0.1) is 11.3 Å². The molecular formula is C16H20N4O3S. The minimum absolute atomic E-state index is 0.0279. The average molecular weight is 348 g/mol. The highest BCUT2D eigenvalue weighted by molar-refractivity contribution is 7.09. The Morgan fingerprint density at radius 3 is 2.75 bits per heavy atom. The summed E-state index contributed by atoms with van der Waals surface area (Å²) in [5, 5.41) is 9.66. The predicted molar refractivity (Wildman–Crippen MR) is 89.0 cm³/mol. The molecule has 0 aromatic carbocycles. The van der Waals surface area contributed by atoms with Crippen LogP contribution in [0.4, 0.5) is 0 Å². The van der Waals surface area contributed by atoms with Crippen LogP contribution in [0.15, 0.2) is 10.5 Å². The van der Waals surface area contributed by atoms with Crippen LogP contribution >= 0.6 is 11.3 Å². The number of amides is 2. The number of piperidine rings is 1. The van der Waals surface area contributed by atoms with E-state index in [2.05, 4.69) is 15.5 Å². The van der Waals surface area contributed by atoms with Crippen molar-refractivity contribution in [3.8, 4) is 0 Å². The van der Waals surface area contributed by atoms with E-state index in [-0.39, 0.29) is 11.8 Å². The van der Waals surface area contributed by atoms with Crippen LogP contribution < -0.4 is 5.32 Å². The number of likely N-dealkylation sites (tertiary alicyclic amines) is 1. The lowest BCUT2D eigenvalue weighted by Crippen LogP contribution is -2.47. The van der Waals surface area contributed by atoms with E-state index in [4.69, 9.17) is 4.84 Å². The van der Waals surface area contributed by atoms with Gasteiger partial charge in [0.05, 0.1) is 5.01 Å². The molecule has 2 fully saturated rings. The number of oxime groups is 1. The Hall–Kier alpha value is -1.96. The van der Waals surface area contributed by atoms with E-state index in [1.54, 1.807) is 5.38 Å². The van der Waals surface area contributed by atoms with Crippen LogP contribution in [-0.4, -0.2) is 52.1 Å². The van der Waals surface area contributed by atoms with Crippen LogP contribution in [-0.2, 0) is 9.63 Å². The van der Waals surface area contributed by atoms with Gasteiger partial charge in [0.2, 0.25) is 0 Å². The monoisotopic (exact) mass is 348 g/mol. The Morgan fingerprint density at radius 2 is 2.12 bits per heavy atom. The third-order valence-electron chi connectivity index (χ3n) is 4.81. The number of aromatic nitrogens is 1. The lowest BCUT2D eigenvalue weighted by molar-refractivity contribution is -0.115. The maximum absolute atomic E-state index is 12.5. The molecule has 1 aromatic rings. The summed E-state index contributed by atoms with van der Waals surface area (Å²) in [6.07, 6.45) is 4.01. The molecule has 2 aliphatic heterocycles. The van der Waals surface area contributed by atoms with Gasteiger partial charge >= 0.3 is 0 Å². The molecule has 3 heterocycles. The molecule has 0 unspecified atom stereocenters. The Kier molecular flexibility index (Phi) is 3.79. The number of hydrogen-bond donors (Lipinski definition) is 1. The van der Waals surface area contributed by atoms with Crippen LogP contribution in [0.25, 0.3) is 0 Å². The molecule has 24 heavy (non-hydrogen) atoms. The Morgan fingerprint density at radius 1 is 1.38 bits per heavy atom. The van der Waals surface area contributed by atoms with Crippen LogP contribution in [0, 0.1) is 6.92 Å². The molecule has 8 heteroatoms. The molecule has 2 amide bonds. The zero-order chi connectivity index (χ0) is 16.7. The number of thiazole rings is 1. The molecule has 1 spiro atoms. The van der Waals surface area contributed by atoms with Gasteiger partial charge in [-0.1, -0.05) is 5.16 Å². The summed E-state index contributed by atoms with van der Waals surface area (Å²) >= 11 is 1.48. The Balaban J connectivity index is 1.33. The lowest BCUT2D eigenvalue weighted by Gasteiger charge is -2.36. The highest BCUT2D eigenvalue weighted by Gasteiger charge is 2.45. The van der Waals surface area contributed by atoms with E-state index in [9.17, 15) is 9.59 Å². The first kappa shape index (κ1) is 15.6. The first-order valence-corrected chi connectivity index (χ1v) is 9.20. The van der Waals surface area contributed by atoms with E-state index in [1.165, 1.54) is 11.3 Å².